The number of hydrogen-bond acceptors (Lipinski definition) is 4. The van der Waals surface area contributed by atoms with Crippen molar-refractivity contribution in [2.45, 2.75) is 38.0 Å². The van der Waals surface area contributed by atoms with Gasteiger partial charge in [-0.3, -0.25) is 9.79 Å². The molecular weight excluding hydrogens is 262 g/mol. The van der Waals surface area contributed by atoms with E-state index in [0.29, 0.717) is 37.5 Å². The highest BCUT2D eigenvalue weighted by Crippen LogP contribution is 2.22. The zero-order valence-corrected chi connectivity index (χ0v) is 12.5. The first-order valence-corrected chi connectivity index (χ1v) is 7.86. The smallest absolute Gasteiger partial charge is 0.224 e. The monoisotopic (exact) mass is 285 g/mol. The summed E-state index contributed by atoms with van der Waals surface area (Å²) in [5, 5.41) is 4.96. The van der Waals surface area contributed by atoms with Crippen molar-refractivity contribution in [2.75, 3.05) is 32.8 Å². The summed E-state index contributed by atoms with van der Waals surface area (Å²) in [4.78, 5) is 18.3. The van der Waals surface area contributed by atoms with Gasteiger partial charge in [0.05, 0.1) is 19.8 Å². The largest absolute Gasteiger partial charge is 0.378 e. The zero-order chi connectivity index (χ0) is 13.7. The third-order valence-electron chi connectivity index (χ3n) is 3.31. The molecule has 2 saturated heterocycles. The predicted molar refractivity (Wildman–Crippen MR) is 78.6 cm³/mol. The lowest BCUT2D eigenvalue weighted by Crippen LogP contribution is -2.41. The molecular formula is C13H23N3O2S. The van der Waals surface area contributed by atoms with Gasteiger partial charge < -0.3 is 15.0 Å². The zero-order valence-electron chi connectivity index (χ0n) is 11.7. The molecule has 108 valence electrons. The minimum absolute atomic E-state index is 0.189. The number of rotatable bonds is 3. The maximum Gasteiger partial charge on any atom is 0.224 e. The van der Waals surface area contributed by atoms with Crippen LogP contribution in [-0.2, 0) is 9.53 Å². The van der Waals surface area contributed by atoms with E-state index < -0.39 is 0 Å². The third kappa shape index (κ3) is 4.69. The van der Waals surface area contributed by atoms with Gasteiger partial charge in [-0.05, 0) is 13.3 Å². The molecule has 5 nitrogen and oxygen atoms in total. The van der Waals surface area contributed by atoms with Gasteiger partial charge in [-0.1, -0.05) is 18.7 Å². The van der Waals surface area contributed by atoms with Gasteiger partial charge in [0, 0.05) is 30.8 Å². The van der Waals surface area contributed by atoms with Crippen LogP contribution in [0.25, 0.3) is 0 Å². The van der Waals surface area contributed by atoms with E-state index in [0.717, 1.165) is 24.7 Å². The van der Waals surface area contributed by atoms with E-state index in [2.05, 4.69) is 24.2 Å². The molecule has 1 amide bonds. The molecule has 0 radical (unpaired) electrons. The number of morpholine rings is 1. The van der Waals surface area contributed by atoms with Crippen LogP contribution in [0.2, 0.25) is 0 Å². The van der Waals surface area contributed by atoms with Crippen molar-refractivity contribution in [3.05, 3.63) is 0 Å². The molecule has 2 heterocycles. The van der Waals surface area contributed by atoms with Crippen LogP contribution in [0.3, 0.4) is 0 Å². The molecule has 0 bridgehead atoms. The Kier molecular flexibility index (Phi) is 5.51. The maximum absolute atomic E-state index is 11.9. The number of amides is 1. The van der Waals surface area contributed by atoms with E-state index in [1.165, 1.54) is 0 Å². The highest BCUT2D eigenvalue weighted by Gasteiger charge is 2.20. The molecule has 0 spiro atoms. The number of nitrogens with one attached hydrogen (secondary N) is 1. The quantitative estimate of drug-likeness (QED) is 0.843. The topological polar surface area (TPSA) is 53.9 Å². The number of thioether (sulfide) groups is 1. The lowest BCUT2D eigenvalue weighted by molar-refractivity contribution is -0.135. The number of carbonyl (C=O) groups excluding carboxylic acids is 1. The number of amidine groups is 1. The lowest BCUT2D eigenvalue weighted by atomic mass is 10.2. The summed E-state index contributed by atoms with van der Waals surface area (Å²) >= 11 is 1.77. The summed E-state index contributed by atoms with van der Waals surface area (Å²) in [7, 11) is 0. The van der Waals surface area contributed by atoms with Crippen molar-refractivity contribution < 1.29 is 9.53 Å². The first-order chi connectivity index (χ1) is 9.15. The molecule has 0 aromatic carbocycles. The van der Waals surface area contributed by atoms with E-state index in [4.69, 9.17) is 4.74 Å². The molecule has 2 aliphatic heterocycles. The standard InChI is InChI=1S/C13H23N3O2S/c1-10-9-11(2)19-13(15-10)14-4-3-12(17)16-5-7-18-8-6-16/h10-11H,3-9H2,1-2H3,(H,14,15). The van der Waals surface area contributed by atoms with Crippen molar-refractivity contribution in [1.82, 2.24) is 10.2 Å². The summed E-state index contributed by atoms with van der Waals surface area (Å²) in [6.07, 6.45) is 1.66. The second kappa shape index (κ2) is 7.14. The van der Waals surface area contributed by atoms with E-state index in [1.54, 1.807) is 11.8 Å². The van der Waals surface area contributed by atoms with Crippen molar-refractivity contribution in [3.63, 3.8) is 0 Å². The minimum atomic E-state index is 0.189. The summed E-state index contributed by atoms with van der Waals surface area (Å²) < 4.78 is 5.24. The SMILES string of the molecule is CC1CC(C)SC(=NCCC(=O)N2CCOCC2)N1. The number of nitrogens with zero attached hydrogens (tertiary/aromatic N) is 2. The normalized spacial score (nSPS) is 30.2. The Morgan fingerprint density at radius 3 is 2.89 bits per heavy atom. The molecule has 2 fully saturated rings. The molecule has 2 unspecified atom stereocenters. The van der Waals surface area contributed by atoms with E-state index in [1.807, 2.05) is 4.90 Å². The van der Waals surface area contributed by atoms with Gasteiger partial charge >= 0.3 is 0 Å². The Morgan fingerprint density at radius 1 is 1.47 bits per heavy atom. The second-order valence-corrected chi connectivity index (χ2v) is 6.57. The van der Waals surface area contributed by atoms with Crippen LogP contribution in [-0.4, -0.2) is 60.1 Å². The van der Waals surface area contributed by atoms with Crippen LogP contribution in [0, 0.1) is 0 Å². The average molecular weight is 285 g/mol. The summed E-state index contributed by atoms with van der Waals surface area (Å²) in [6.45, 7) is 7.72. The molecule has 0 aromatic rings. The van der Waals surface area contributed by atoms with E-state index in [-0.39, 0.29) is 5.91 Å². The van der Waals surface area contributed by atoms with E-state index in [9.17, 15) is 4.79 Å². The van der Waals surface area contributed by atoms with Crippen LogP contribution in [0.5, 0.6) is 0 Å². The van der Waals surface area contributed by atoms with Gasteiger partial charge in [-0.15, -0.1) is 0 Å². The lowest BCUT2D eigenvalue weighted by Gasteiger charge is -2.27. The van der Waals surface area contributed by atoms with Crippen molar-refractivity contribution in [3.8, 4) is 0 Å². The maximum atomic E-state index is 11.9. The Labute approximate surface area is 119 Å². The van der Waals surface area contributed by atoms with Crippen LogP contribution in [0.4, 0.5) is 0 Å². The predicted octanol–water partition coefficient (Wildman–Crippen LogP) is 1.09. The first kappa shape index (κ1) is 14.7. The van der Waals surface area contributed by atoms with Crippen LogP contribution in [0.1, 0.15) is 26.7 Å². The average Bonchev–Trinajstić information content (AvgIpc) is 2.38. The molecule has 2 rings (SSSR count). The van der Waals surface area contributed by atoms with Gasteiger partial charge in [0.25, 0.3) is 0 Å². The van der Waals surface area contributed by atoms with Crippen LogP contribution in [0.15, 0.2) is 4.99 Å². The van der Waals surface area contributed by atoms with Crippen molar-refractivity contribution >= 4 is 22.8 Å². The number of aliphatic imine (C=N–C) groups is 1. The summed E-state index contributed by atoms with van der Waals surface area (Å²) in [5.41, 5.74) is 0. The van der Waals surface area contributed by atoms with Gasteiger partial charge in [-0.2, -0.15) is 0 Å². The van der Waals surface area contributed by atoms with Crippen molar-refractivity contribution in [2.24, 2.45) is 4.99 Å². The Balaban J connectivity index is 1.74. The minimum Gasteiger partial charge on any atom is -0.378 e. The fourth-order valence-corrected chi connectivity index (χ4v) is 3.55. The van der Waals surface area contributed by atoms with Gasteiger partial charge in [-0.25, -0.2) is 0 Å². The van der Waals surface area contributed by atoms with Crippen LogP contribution >= 0.6 is 11.8 Å². The number of ether oxygens (including phenoxy) is 1. The van der Waals surface area contributed by atoms with Crippen LogP contribution < -0.4 is 5.32 Å². The molecule has 0 saturated carbocycles. The highest BCUT2D eigenvalue weighted by molar-refractivity contribution is 8.14. The first-order valence-electron chi connectivity index (χ1n) is 6.98. The number of hydrogen-bond donors (Lipinski definition) is 1. The summed E-state index contributed by atoms with van der Waals surface area (Å²) in [5.74, 6) is 0.189. The highest BCUT2D eigenvalue weighted by atomic mass is 32.2. The third-order valence-corrected chi connectivity index (χ3v) is 4.38. The molecule has 0 aliphatic carbocycles. The molecule has 1 N–H and O–H groups in total. The molecule has 19 heavy (non-hydrogen) atoms. The van der Waals surface area contributed by atoms with Gasteiger partial charge in [0.2, 0.25) is 5.91 Å². The Bertz CT molecular complexity index is 331. The Hall–Kier alpha value is -0.750. The molecule has 0 aromatic heterocycles. The van der Waals surface area contributed by atoms with Gasteiger partial charge in [0.15, 0.2) is 5.17 Å². The van der Waals surface area contributed by atoms with Crippen molar-refractivity contribution in [1.29, 1.82) is 0 Å². The molecule has 2 atom stereocenters. The molecule has 2 aliphatic rings. The summed E-state index contributed by atoms with van der Waals surface area (Å²) in [6, 6.07) is 0.477. The molecule has 6 heteroatoms. The van der Waals surface area contributed by atoms with E-state index >= 15 is 0 Å². The Morgan fingerprint density at radius 2 is 2.21 bits per heavy atom. The van der Waals surface area contributed by atoms with Gasteiger partial charge in [0.1, 0.15) is 0 Å². The second-order valence-electron chi connectivity index (χ2n) is 5.14. The fourth-order valence-electron chi connectivity index (χ4n) is 2.35. The number of carbonyl (C=O) groups is 1. The fraction of sp³-hybridized carbons (Fsp3) is 0.846.